The fourth-order valence-electron chi connectivity index (χ4n) is 4.59. The normalized spacial score (nSPS) is 14.5. The quantitative estimate of drug-likeness (QED) is 0.0877. The summed E-state index contributed by atoms with van der Waals surface area (Å²) in [4.78, 5) is 17.3. The number of alkyl halides is 3. The van der Waals surface area contributed by atoms with Gasteiger partial charge in [-0.15, -0.1) is 0 Å². The Morgan fingerprint density at radius 1 is 1.05 bits per heavy atom. The number of hydrogen-bond donors (Lipinski definition) is 4. The van der Waals surface area contributed by atoms with Crippen LogP contribution in [0.4, 0.5) is 23.2 Å². The molecule has 42 heavy (non-hydrogen) atoms. The zero-order valence-corrected chi connectivity index (χ0v) is 22.5. The maximum atomic E-state index is 15.0. The molecule has 0 radical (unpaired) electrons. The third-order valence-electron chi connectivity index (χ3n) is 6.94. The third kappa shape index (κ3) is 6.50. The van der Waals surface area contributed by atoms with E-state index in [1.165, 1.54) is 37.4 Å². The van der Waals surface area contributed by atoms with Gasteiger partial charge in [0.2, 0.25) is 0 Å². The van der Waals surface area contributed by atoms with Gasteiger partial charge in [0.05, 0.1) is 17.4 Å². The molecule has 1 aromatic heterocycles. The summed E-state index contributed by atoms with van der Waals surface area (Å²) in [5.74, 6) is -1.12. The summed E-state index contributed by atoms with van der Waals surface area (Å²) in [7, 11) is 1.41. The van der Waals surface area contributed by atoms with Crippen molar-refractivity contribution >= 4 is 17.4 Å². The fourth-order valence-corrected chi connectivity index (χ4v) is 4.59. The number of rotatable bonds is 9. The molecule has 0 spiro atoms. The Morgan fingerprint density at radius 3 is 2.48 bits per heavy atom. The first kappa shape index (κ1) is 29.0. The van der Waals surface area contributed by atoms with Crippen LogP contribution >= 0.6 is 0 Å². The van der Waals surface area contributed by atoms with Crippen molar-refractivity contribution in [1.82, 2.24) is 20.6 Å². The van der Waals surface area contributed by atoms with Gasteiger partial charge in [-0.1, -0.05) is 48.5 Å². The second-order valence-electron chi connectivity index (χ2n) is 9.95. The van der Waals surface area contributed by atoms with Crippen molar-refractivity contribution in [3.63, 3.8) is 0 Å². The van der Waals surface area contributed by atoms with Gasteiger partial charge in [-0.3, -0.25) is 20.5 Å². The lowest BCUT2D eigenvalue weighted by atomic mass is 9.97. The van der Waals surface area contributed by atoms with Gasteiger partial charge in [-0.2, -0.15) is 18.3 Å². The first-order valence-electron chi connectivity index (χ1n) is 13.2. The van der Waals surface area contributed by atoms with Crippen molar-refractivity contribution in [3.05, 3.63) is 113 Å². The summed E-state index contributed by atoms with van der Waals surface area (Å²) in [6.07, 6.45) is -2.57. The monoisotopic (exact) mass is 580 g/mol. The zero-order valence-electron chi connectivity index (χ0n) is 22.5. The summed E-state index contributed by atoms with van der Waals surface area (Å²) in [6, 6.07) is 20.1. The molecular formula is C30H28F4N6O2. The molecule has 0 aliphatic heterocycles. The van der Waals surface area contributed by atoms with Crippen LogP contribution < -0.4 is 16.1 Å². The summed E-state index contributed by atoms with van der Waals surface area (Å²) in [6.45, 7) is 0.771. The highest BCUT2D eigenvalue weighted by Gasteiger charge is 2.36. The fraction of sp³-hybridized carbons (Fsp3) is 0.233. The number of aromatic nitrogens is 2. The highest BCUT2D eigenvalue weighted by Crippen LogP contribution is 2.32. The Kier molecular flexibility index (Phi) is 8.36. The Morgan fingerprint density at radius 2 is 1.81 bits per heavy atom. The van der Waals surface area contributed by atoms with E-state index >= 15 is 0 Å². The molecule has 3 aromatic carbocycles. The number of benzene rings is 3. The molecule has 218 valence electrons. The molecule has 1 heterocycles. The summed E-state index contributed by atoms with van der Waals surface area (Å²) in [5.41, 5.74) is 2.00. The lowest BCUT2D eigenvalue weighted by molar-refractivity contribution is -0.141. The number of nitrogens with one attached hydrogen (secondary N) is 3. The van der Waals surface area contributed by atoms with E-state index in [9.17, 15) is 27.6 Å². The number of anilines is 1. The van der Waals surface area contributed by atoms with E-state index < -0.39 is 29.3 Å². The number of aliphatic imine (C=N–C) groups is 1. The van der Waals surface area contributed by atoms with E-state index in [1.54, 1.807) is 12.1 Å². The number of hydroxylamine groups is 1. The van der Waals surface area contributed by atoms with Gasteiger partial charge >= 0.3 is 6.18 Å². The highest BCUT2D eigenvalue weighted by molar-refractivity contribution is 6.04. The van der Waals surface area contributed by atoms with Crippen molar-refractivity contribution in [2.45, 2.75) is 25.1 Å². The number of amides is 1. The second kappa shape index (κ2) is 12.1. The molecule has 8 nitrogen and oxygen atoms in total. The average molecular weight is 581 g/mol. The van der Waals surface area contributed by atoms with E-state index in [1.807, 2.05) is 35.8 Å². The third-order valence-corrected chi connectivity index (χ3v) is 6.94. The van der Waals surface area contributed by atoms with Gasteiger partial charge in [-0.05, 0) is 60.7 Å². The second-order valence-corrected chi connectivity index (χ2v) is 9.95. The van der Waals surface area contributed by atoms with Gasteiger partial charge in [0, 0.05) is 18.7 Å². The minimum absolute atomic E-state index is 0.0493. The standard InChI is InChI=1S/C30H28F4N6O2/c1-35-28(39-42)21-8-5-9-22(14-21)40-25(16-26(38-40)30(32,33)34)29(41)37-24-15-20(12-13-23(24)31)27(36-17-18-10-11-18)19-6-3-2-4-7-19/h2-9,12-16,18,27,36,42H,10-11,17H2,1H3,(H,35,39)(H,37,41). The minimum atomic E-state index is -4.85. The number of carbonyl (C=O) groups excluding carboxylic acids is 1. The molecular weight excluding hydrogens is 552 g/mol. The molecule has 4 N–H and O–H groups in total. The number of carbonyl (C=O) groups is 1. The Bertz CT molecular complexity index is 1600. The van der Waals surface area contributed by atoms with Gasteiger partial charge in [0.1, 0.15) is 11.5 Å². The summed E-state index contributed by atoms with van der Waals surface area (Å²) >= 11 is 0. The average Bonchev–Trinajstić information content (AvgIpc) is 3.69. The van der Waals surface area contributed by atoms with Crippen molar-refractivity contribution in [3.8, 4) is 5.69 Å². The predicted octanol–water partition coefficient (Wildman–Crippen LogP) is 5.73. The maximum absolute atomic E-state index is 15.0. The summed E-state index contributed by atoms with van der Waals surface area (Å²) < 4.78 is 56.8. The molecule has 1 unspecified atom stereocenters. The molecule has 1 atom stereocenters. The molecule has 12 heteroatoms. The predicted molar refractivity (Wildman–Crippen MR) is 149 cm³/mol. The SMILES string of the molecule is CN=C(NO)c1cccc(-n2nc(C(F)(F)F)cc2C(=O)Nc2cc(C(NCC3CC3)c3ccccc3)ccc2F)c1. The molecule has 0 saturated heterocycles. The van der Waals surface area contributed by atoms with Gasteiger partial charge in [0.25, 0.3) is 5.91 Å². The van der Waals surface area contributed by atoms with Crippen molar-refractivity contribution < 1.29 is 27.6 Å². The van der Waals surface area contributed by atoms with Crippen LogP contribution in [-0.4, -0.2) is 40.3 Å². The van der Waals surface area contributed by atoms with Crippen LogP contribution in [0.5, 0.6) is 0 Å². The number of amidine groups is 1. The molecule has 1 aliphatic carbocycles. The molecule has 1 fully saturated rings. The first-order valence-corrected chi connectivity index (χ1v) is 13.2. The minimum Gasteiger partial charge on any atom is -0.318 e. The number of halogens is 4. The van der Waals surface area contributed by atoms with E-state index in [2.05, 4.69) is 20.7 Å². The van der Waals surface area contributed by atoms with Crippen molar-refractivity contribution in [1.29, 1.82) is 0 Å². The van der Waals surface area contributed by atoms with Crippen LogP contribution in [0.3, 0.4) is 0 Å². The Labute approximate surface area is 239 Å². The molecule has 1 amide bonds. The molecule has 4 aromatic rings. The molecule has 0 bridgehead atoms. The lowest BCUT2D eigenvalue weighted by Crippen LogP contribution is -2.25. The summed E-state index contributed by atoms with van der Waals surface area (Å²) in [5, 5.41) is 18.9. The van der Waals surface area contributed by atoms with Crippen LogP contribution in [0.1, 0.15) is 51.8 Å². The van der Waals surface area contributed by atoms with Gasteiger partial charge in [0.15, 0.2) is 11.5 Å². The largest absolute Gasteiger partial charge is 0.435 e. The number of hydrogen-bond acceptors (Lipinski definition) is 5. The first-order chi connectivity index (χ1) is 20.2. The van der Waals surface area contributed by atoms with Gasteiger partial charge in [-0.25, -0.2) is 9.07 Å². The maximum Gasteiger partial charge on any atom is 0.435 e. The van der Waals surface area contributed by atoms with Crippen LogP contribution in [0.25, 0.3) is 5.69 Å². The lowest BCUT2D eigenvalue weighted by Gasteiger charge is -2.21. The molecule has 5 rings (SSSR count). The Balaban J connectivity index is 1.49. The smallest absolute Gasteiger partial charge is 0.318 e. The van der Waals surface area contributed by atoms with E-state index in [0.717, 1.165) is 29.6 Å². The van der Waals surface area contributed by atoms with E-state index in [0.29, 0.717) is 23.1 Å². The van der Waals surface area contributed by atoms with E-state index in [-0.39, 0.29) is 23.3 Å². The Hall–Kier alpha value is -4.55. The highest BCUT2D eigenvalue weighted by atomic mass is 19.4. The van der Waals surface area contributed by atoms with Crippen LogP contribution in [0.15, 0.2) is 83.9 Å². The van der Waals surface area contributed by atoms with E-state index in [4.69, 9.17) is 0 Å². The zero-order chi connectivity index (χ0) is 29.9. The van der Waals surface area contributed by atoms with Crippen LogP contribution in [0, 0.1) is 11.7 Å². The van der Waals surface area contributed by atoms with Crippen molar-refractivity contribution in [2.24, 2.45) is 10.9 Å². The molecule has 1 saturated carbocycles. The topological polar surface area (TPSA) is 104 Å². The van der Waals surface area contributed by atoms with Crippen LogP contribution in [-0.2, 0) is 6.18 Å². The van der Waals surface area contributed by atoms with Gasteiger partial charge < -0.3 is 10.6 Å². The number of nitrogens with zero attached hydrogens (tertiary/aromatic N) is 3. The van der Waals surface area contributed by atoms with Crippen LogP contribution in [0.2, 0.25) is 0 Å². The van der Waals surface area contributed by atoms with Crippen molar-refractivity contribution in [2.75, 3.05) is 18.9 Å². The molecule has 1 aliphatic rings.